The minimum absolute atomic E-state index is 0.117. The van der Waals surface area contributed by atoms with Gasteiger partial charge in [-0.3, -0.25) is 0 Å². The van der Waals surface area contributed by atoms with E-state index in [0.29, 0.717) is 5.82 Å². The van der Waals surface area contributed by atoms with Gasteiger partial charge in [0.2, 0.25) is 19.7 Å². The lowest BCUT2D eigenvalue weighted by atomic mass is 10.4. The van der Waals surface area contributed by atoms with Gasteiger partial charge in [0.1, 0.15) is 5.82 Å². The fourth-order valence-corrected chi connectivity index (χ4v) is 6.26. The third kappa shape index (κ3) is 4.52. The molecule has 0 aliphatic rings. The van der Waals surface area contributed by atoms with E-state index in [1.165, 1.54) is 48.5 Å². The van der Waals surface area contributed by atoms with E-state index < -0.39 is 23.9 Å². The molecule has 1 heterocycles. The first-order valence-corrected chi connectivity index (χ1v) is 11.9. The normalized spacial score (nSPS) is 11.5. The Morgan fingerprint density at radius 3 is 1.70 bits per heavy atom. The first-order chi connectivity index (χ1) is 14.2. The Balaban J connectivity index is 2.09. The van der Waals surface area contributed by atoms with Crippen LogP contribution in [-0.2, 0) is 19.7 Å². The minimum Gasteiger partial charge on any atom is -0.376 e. The summed E-state index contributed by atoms with van der Waals surface area (Å²) >= 11 is 0. The Morgan fingerprint density at radius 2 is 1.30 bits per heavy atom. The summed E-state index contributed by atoms with van der Waals surface area (Å²) in [6.45, 7) is 0. The van der Waals surface area contributed by atoms with Gasteiger partial charge in [0, 0.05) is 20.3 Å². The van der Waals surface area contributed by atoms with Gasteiger partial charge in [0.25, 0.3) is 0 Å². The molecular weight excluding hydrogens is 422 g/mol. The highest BCUT2D eigenvalue weighted by atomic mass is 32.3. The van der Waals surface area contributed by atoms with E-state index in [-0.39, 0.29) is 9.79 Å². The quantitative estimate of drug-likeness (QED) is 0.598. The van der Waals surface area contributed by atoms with Crippen LogP contribution in [0.4, 0.5) is 11.5 Å². The number of benzene rings is 2. The molecule has 0 saturated carbocycles. The van der Waals surface area contributed by atoms with Crippen LogP contribution in [0.25, 0.3) is 0 Å². The minimum atomic E-state index is -4.32. The van der Waals surface area contributed by atoms with Crippen molar-refractivity contribution in [3.63, 3.8) is 0 Å². The zero-order valence-electron chi connectivity index (χ0n) is 16.4. The predicted octanol–water partition coefficient (Wildman–Crippen LogP) is 3.31. The summed E-state index contributed by atoms with van der Waals surface area (Å²) in [6.07, 6.45) is 2.57. The van der Waals surface area contributed by atoms with Gasteiger partial charge >= 0.3 is 0 Å². The number of hydrogen-bond donors (Lipinski definition) is 1. The number of sulfone groups is 2. The number of rotatable bonds is 7. The van der Waals surface area contributed by atoms with Crippen LogP contribution in [0.2, 0.25) is 0 Å². The number of hydrogen-bond acceptors (Lipinski definition) is 7. The Labute approximate surface area is 176 Å². The van der Waals surface area contributed by atoms with Crippen molar-refractivity contribution in [3.8, 4) is 0 Å². The maximum atomic E-state index is 13.2. The molecule has 1 N–H and O–H groups in total. The predicted molar refractivity (Wildman–Crippen MR) is 118 cm³/mol. The molecule has 9 heteroatoms. The van der Waals surface area contributed by atoms with E-state index in [1.54, 1.807) is 30.5 Å². The van der Waals surface area contributed by atoms with Crippen molar-refractivity contribution in [1.82, 2.24) is 4.98 Å². The van der Waals surface area contributed by atoms with Gasteiger partial charge in [0.15, 0.2) is 4.24 Å². The average Bonchev–Trinajstić information content (AvgIpc) is 2.75. The monoisotopic (exact) mass is 443 g/mol. The van der Waals surface area contributed by atoms with Crippen LogP contribution in [0, 0.1) is 0 Å². The zero-order chi connectivity index (χ0) is 21.8. The van der Waals surface area contributed by atoms with E-state index in [4.69, 9.17) is 0 Å². The molecule has 2 aromatic carbocycles. The summed E-state index contributed by atoms with van der Waals surface area (Å²) in [6, 6.07) is 18.3. The molecule has 30 heavy (non-hydrogen) atoms. The first-order valence-electron chi connectivity index (χ1n) is 8.93. The molecule has 0 bridgehead atoms. The highest BCUT2D eigenvalue weighted by Crippen LogP contribution is 2.29. The molecule has 0 amide bonds. The molecule has 0 radical (unpaired) electrons. The van der Waals surface area contributed by atoms with Crippen molar-refractivity contribution in [2.45, 2.75) is 9.79 Å². The van der Waals surface area contributed by atoms with Crippen LogP contribution >= 0.6 is 0 Å². The van der Waals surface area contributed by atoms with Gasteiger partial charge in [0.05, 0.1) is 21.7 Å². The van der Waals surface area contributed by atoms with Crippen LogP contribution in [-0.4, -0.2) is 35.9 Å². The molecule has 0 atom stereocenters. The van der Waals surface area contributed by atoms with E-state index in [0.717, 1.165) is 11.9 Å². The summed E-state index contributed by atoms with van der Waals surface area (Å²) in [5, 5.41) is 2.71. The van der Waals surface area contributed by atoms with E-state index in [1.807, 2.05) is 19.0 Å². The van der Waals surface area contributed by atoms with E-state index >= 15 is 0 Å². The number of aromatic nitrogens is 1. The number of nitrogens with one attached hydrogen (secondary N) is 1. The number of nitrogens with zero attached hydrogens (tertiary/aromatic N) is 2. The molecular formula is C21H21N3O4S2. The average molecular weight is 444 g/mol. The molecule has 156 valence electrons. The van der Waals surface area contributed by atoms with Gasteiger partial charge in [-0.1, -0.05) is 36.4 Å². The Kier molecular flexibility index (Phi) is 6.23. The van der Waals surface area contributed by atoms with Gasteiger partial charge in [-0.05, 0) is 36.4 Å². The topological polar surface area (TPSA) is 96.4 Å². The number of pyridine rings is 1. The molecule has 3 aromatic rings. The lowest BCUT2D eigenvalue weighted by Crippen LogP contribution is -2.16. The molecule has 1 aromatic heterocycles. The van der Waals surface area contributed by atoms with Gasteiger partial charge in [-0.25, -0.2) is 21.8 Å². The lowest BCUT2D eigenvalue weighted by molar-refractivity contribution is 0.595. The fourth-order valence-electron chi connectivity index (χ4n) is 2.60. The summed E-state index contributed by atoms with van der Waals surface area (Å²) in [7, 11) is -4.92. The van der Waals surface area contributed by atoms with Crippen LogP contribution in [0.5, 0.6) is 0 Å². The lowest BCUT2D eigenvalue weighted by Gasteiger charge is -2.13. The van der Waals surface area contributed by atoms with Gasteiger partial charge in [-0.15, -0.1) is 0 Å². The summed E-state index contributed by atoms with van der Waals surface area (Å²) in [5.41, 5.74) is 0.846. The van der Waals surface area contributed by atoms with Crippen LogP contribution < -0.4 is 10.2 Å². The Morgan fingerprint density at radius 1 is 0.800 bits per heavy atom. The number of anilines is 2. The molecule has 0 spiro atoms. The summed E-state index contributed by atoms with van der Waals surface area (Å²) < 4.78 is 52.1. The van der Waals surface area contributed by atoms with Crippen LogP contribution in [0.1, 0.15) is 0 Å². The molecule has 7 nitrogen and oxygen atoms in total. The maximum Gasteiger partial charge on any atom is 0.219 e. The van der Waals surface area contributed by atoms with E-state index in [9.17, 15) is 16.8 Å². The third-order valence-corrected chi connectivity index (χ3v) is 8.64. The SMILES string of the molecule is CN(C)c1ccc(NC=C(S(=O)(=O)c2ccccc2)S(=O)(=O)c2ccccc2)nc1. The Bertz CT molecular complexity index is 1170. The standard InChI is InChI=1S/C21H21N3O4S2/c1-24(2)17-13-14-20(22-15-17)23-16-21(29(25,26)18-9-5-3-6-10-18)30(27,28)19-11-7-4-8-12-19/h3-16H,1-2H3,(H,22,23). The van der Waals surface area contributed by atoms with Crippen molar-refractivity contribution < 1.29 is 16.8 Å². The molecule has 0 fully saturated rings. The molecule has 0 aliphatic carbocycles. The zero-order valence-corrected chi connectivity index (χ0v) is 18.1. The van der Waals surface area contributed by atoms with Crippen LogP contribution in [0.15, 0.2) is 99.2 Å². The van der Waals surface area contributed by atoms with Crippen molar-refractivity contribution in [2.24, 2.45) is 0 Å². The summed E-state index contributed by atoms with van der Waals surface area (Å²) in [5.74, 6) is 0.310. The largest absolute Gasteiger partial charge is 0.376 e. The van der Waals surface area contributed by atoms with Gasteiger partial charge in [-0.2, -0.15) is 0 Å². The summed E-state index contributed by atoms with van der Waals surface area (Å²) in [4.78, 5) is 5.82. The highest BCUT2D eigenvalue weighted by Gasteiger charge is 2.33. The van der Waals surface area contributed by atoms with Crippen molar-refractivity contribution in [3.05, 3.63) is 89.4 Å². The van der Waals surface area contributed by atoms with Crippen LogP contribution in [0.3, 0.4) is 0 Å². The molecule has 0 aliphatic heterocycles. The Hall–Kier alpha value is -3.17. The van der Waals surface area contributed by atoms with Crippen molar-refractivity contribution in [1.29, 1.82) is 0 Å². The molecule has 0 saturated heterocycles. The van der Waals surface area contributed by atoms with Crippen molar-refractivity contribution >= 4 is 31.2 Å². The highest BCUT2D eigenvalue weighted by molar-refractivity contribution is 8.14. The first kappa shape index (κ1) is 21.5. The van der Waals surface area contributed by atoms with Gasteiger partial charge < -0.3 is 10.2 Å². The second kappa shape index (κ2) is 8.68. The fraction of sp³-hybridized carbons (Fsp3) is 0.0952. The van der Waals surface area contributed by atoms with Crippen molar-refractivity contribution in [2.75, 3.05) is 24.3 Å². The maximum absolute atomic E-state index is 13.2. The second-order valence-corrected chi connectivity index (χ2v) is 10.6. The third-order valence-electron chi connectivity index (χ3n) is 4.24. The smallest absolute Gasteiger partial charge is 0.219 e. The molecule has 3 rings (SSSR count). The molecule has 0 unspecified atom stereocenters. The van der Waals surface area contributed by atoms with E-state index in [2.05, 4.69) is 10.3 Å². The second-order valence-electron chi connectivity index (χ2n) is 6.54.